The summed E-state index contributed by atoms with van der Waals surface area (Å²) in [6.45, 7) is 6.52. The Morgan fingerprint density at radius 1 is 0.288 bits per heavy atom. The van der Waals surface area contributed by atoms with E-state index < -0.39 is 6.10 Å². The van der Waals surface area contributed by atoms with Gasteiger partial charge in [0.15, 0.2) is 6.10 Å². The molecule has 0 fully saturated rings. The summed E-state index contributed by atoms with van der Waals surface area (Å²) in [6, 6.07) is 0. The molecule has 0 saturated carbocycles. The first kappa shape index (κ1) is 69.6. The Labute approximate surface area is 452 Å². The van der Waals surface area contributed by atoms with Crippen LogP contribution in [0.1, 0.15) is 303 Å². The first-order chi connectivity index (χ1) is 36.0. The van der Waals surface area contributed by atoms with E-state index in [1.54, 1.807) is 0 Å². The predicted octanol–water partition coefficient (Wildman–Crippen LogP) is 21.1. The van der Waals surface area contributed by atoms with Gasteiger partial charge in [0, 0.05) is 19.3 Å². The highest BCUT2D eigenvalue weighted by atomic mass is 16.6. The maximum absolute atomic E-state index is 12.9. The van der Waals surface area contributed by atoms with Crippen LogP contribution in [0.3, 0.4) is 0 Å². The van der Waals surface area contributed by atoms with E-state index in [4.69, 9.17) is 14.2 Å². The summed E-state index contributed by atoms with van der Waals surface area (Å²) >= 11 is 0. The molecule has 6 heteroatoms. The standard InChI is InChI=1S/C67H116O6/c1-4-7-10-13-16-19-22-25-27-29-31-33-35-37-39-42-45-48-51-54-57-60-66(69)72-63-64(62-71-65(68)59-56-53-50-47-44-41-24-21-18-15-12-9-6-3)73-67(70)61-58-55-52-49-46-43-40-38-36-34-32-30-28-26-23-20-17-14-11-8-5-2/h7,10,16,19,23,25-27,30-33,36,38,64H,4-6,8-9,11-15,17-18,20-22,24,28-29,34-35,37,39-63H2,1-3H3/b10-7-,19-16-,26-23-,27-25-,32-30-,33-31-,38-36-. The first-order valence-corrected chi connectivity index (χ1v) is 31.1. The molecule has 0 bridgehead atoms. The number of hydrogen-bond acceptors (Lipinski definition) is 6. The smallest absolute Gasteiger partial charge is 0.306 e. The minimum Gasteiger partial charge on any atom is -0.462 e. The van der Waals surface area contributed by atoms with Gasteiger partial charge in [-0.25, -0.2) is 0 Å². The molecule has 1 unspecified atom stereocenters. The monoisotopic (exact) mass is 1020 g/mol. The van der Waals surface area contributed by atoms with Crippen LogP contribution in [0.15, 0.2) is 85.1 Å². The second-order valence-corrected chi connectivity index (χ2v) is 20.6. The molecular weight excluding hydrogens is 901 g/mol. The third-order valence-electron chi connectivity index (χ3n) is 13.4. The van der Waals surface area contributed by atoms with Gasteiger partial charge in [0.2, 0.25) is 0 Å². The molecule has 1 atom stereocenters. The number of esters is 3. The Bertz CT molecular complexity index is 1400. The zero-order valence-corrected chi connectivity index (χ0v) is 48.1. The van der Waals surface area contributed by atoms with Crippen LogP contribution in [0.4, 0.5) is 0 Å². The van der Waals surface area contributed by atoms with Gasteiger partial charge >= 0.3 is 17.9 Å². The lowest BCUT2D eigenvalue weighted by atomic mass is 10.0. The molecule has 0 spiro atoms. The minimum atomic E-state index is -0.787. The molecule has 0 aromatic carbocycles. The van der Waals surface area contributed by atoms with Gasteiger partial charge in [-0.15, -0.1) is 0 Å². The normalized spacial score (nSPS) is 12.6. The van der Waals surface area contributed by atoms with Gasteiger partial charge in [-0.2, -0.15) is 0 Å². The Kier molecular flexibility index (Phi) is 58.3. The van der Waals surface area contributed by atoms with E-state index in [1.807, 2.05) is 0 Å². The van der Waals surface area contributed by atoms with Crippen molar-refractivity contribution >= 4 is 17.9 Å². The molecule has 0 radical (unpaired) electrons. The van der Waals surface area contributed by atoms with E-state index in [-0.39, 0.29) is 31.1 Å². The Morgan fingerprint density at radius 2 is 0.534 bits per heavy atom. The second-order valence-electron chi connectivity index (χ2n) is 20.6. The van der Waals surface area contributed by atoms with Gasteiger partial charge in [-0.1, -0.05) is 273 Å². The maximum Gasteiger partial charge on any atom is 0.306 e. The van der Waals surface area contributed by atoms with Crippen molar-refractivity contribution in [3.05, 3.63) is 85.1 Å². The summed E-state index contributed by atoms with van der Waals surface area (Å²) in [6.07, 6.45) is 80.0. The highest BCUT2D eigenvalue weighted by Gasteiger charge is 2.19. The molecule has 0 aliphatic heterocycles. The Morgan fingerprint density at radius 3 is 0.836 bits per heavy atom. The average Bonchev–Trinajstić information content (AvgIpc) is 3.39. The van der Waals surface area contributed by atoms with E-state index in [0.717, 1.165) is 116 Å². The quantitative estimate of drug-likeness (QED) is 0.0261. The van der Waals surface area contributed by atoms with E-state index in [9.17, 15) is 14.4 Å². The van der Waals surface area contributed by atoms with Crippen molar-refractivity contribution in [3.63, 3.8) is 0 Å². The van der Waals surface area contributed by atoms with Gasteiger partial charge in [-0.3, -0.25) is 14.4 Å². The summed E-state index contributed by atoms with van der Waals surface area (Å²) in [5, 5.41) is 0. The van der Waals surface area contributed by atoms with Crippen LogP contribution in [0, 0.1) is 0 Å². The zero-order chi connectivity index (χ0) is 52.9. The SMILES string of the molecule is CC/C=C\C/C=C\C/C=C\C/C=C\CCCCCCCCCCC(=O)OCC(COC(=O)CCCCCCCCCCCCCCC)OC(=O)CCCCCCCC/C=C\C/C=C\C/C=C\CCCCCCC. The molecule has 0 saturated heterocycles. The third kappa shape index (κ3) is 59.3. The molecule has 0 aromatic rings. The van der Waals surface area contributed by atoms with Crippen LogP contribution in [0.25, 0.3) is 0 Å². The number of allylic oxidation sites excluding steroid dienone is 14. The number of unbranched alkanes of at least 4 members (excludes halogenated alkanes) is 31. The summed E-state index contributed by atoms with van der Waals surface area (Å²) in [4.78, 5) is 38.3. The van der Waals surface area contributed by atoms with E-state index in [2.05, 4.69) is 106 Å². The van der Waals surface area contributed by atoms with Crippen molar-refractivity contribution in [1.29, 1.82) is 0 Å². The van der Waals surface area contributed by atoms with Gasteiger partial charge in [0.25, 0.3) is 0 Å². The molecule has 0 rings (SSSR count). The predicted molar refractivity (Wildman–Crippen MR) is 316 cm³/mol. The molecular formula is C67H116O6. The zero-order valence-electron chi connectivity index (χ0n) is 48.1. The third-order valence-corrected chi connectivity index (χ3v) is 13.4. The molecule has 6 nitrogen and oxygen atoms in total. The molecule has 0 amide bonds. The van der Waals surface area contributed by atoms with Crippen molar-refractivity contribution < 1.29 is 28.6 Å². The summed E-state index contributed by atoms with van der Waals surface area (Å²) in [5.74, 6) is -0.892. The van der Waals surface area contributed by atoms with E-state index in [0.29, 0.717) is 19.3 Å². The fourth-order valence-electron chi connectivity index (χ4n) is 8.74. The number of hydrogen-bond donors (Lipinski definition) is 0. The summed E-state index contributed by atoms with van der Waals surface area (Å²) in [5.41, 5.74) is 0. The number of ether oxygens (including phenoxy) is 3. The Balaban J connectivity index is 4.38. The number of rotatable bonds is 56. The van der Waals surface area contributed by atoms with Crippen molar-refractivity contribution in [1.82, 2.24) is 0 Å². The molecule has 0 N–H and O–H groups in total. The fraction of sp³-hybridized carbons (Fsp3) is 0.746. The van der Waals surface area contributed by atoms with Crippen LogP contribution in [-0.4, -0.2) is 37.2 Å². The summed E-state index contributed by atoms with van der Waals surface area (Å²) in [7, 11) is 0. The molecule has 73 heavy (non-hydrogen) atoms. The first-order valence-electron chi connectivity index (χ1n) is 31.1. The number of carbonyl (C=O) groups excluding carboxylic acids is 3. The Hall–Kier alpha value is -3.41. The largest absolute Gasteiger partial charge is 0.462 e. The molecule has 0 aliphatic rings. The lowest BCUT2D eigenvalue weighted by Crippen LogP contribution is -2.30. The van der Waals surface area contributed by atoms with Crippen LogP contribution in [-0.2, 0) is 28.6 Å². The summed E-state index contributed by atoms with van der Waals surface area (Å²) < 4.78 is 16.9. The lowest BCUT2D eigenvalue weighted by Gasteiger charge is -2.18. The van der Waals surface area contributed by atoms with E-state index in [1.165, 1.54) is 148 Å². The van der Waals surface area contributed by atoms with Gasteiger partial charge in [0.1, 0.15) is 13.2 Å². The molecule has 0 heterocycles. The molecule has 420 valence electrons. The second kappa shape index (κ2) is 61.1. The highest BCUT2D eigenvalue weighted by molar-refractivity contribution is 5.71. The maximum atomic E-state index is 12.9. The number of carbonyl (C=O) groups is 3. The van der Waals surface area contributed by atoms with Crippen LogP contribution >= 0.6 is 0 Å². The van der Waals surface area contributed by atoms with Crippen molar-refractivity contribution in [2.24, 2.45) is 0 Å². The van der Waals surface area contributed by atoms with E-state index >= 15 is 0 Å². The van der Waals surface area contributed by atoms with Crippen molar-refractivity contribution in [3.8, 4) is 0 Å². The minimum absolute atomic E-state index is 0.0822. The fourth-order valence-corrected chi connectivity index (χ4v) is 8.74. The van der Waals surface area contributed by atoms with Gasteiger partial charge in [-0.05, 0) is 96.3 Å². The lowest BCUT2D eigenvalue weighted by molar-refractivity contribution is -0.167. The molecule has 0 aromatic heterocycles. The highest BCUT2D eigenvalue weighted by Crippen LogP contribution is 2.16. The van der Waals surface area contributed by atoms with Gasteiger partial charge in [0.05, 0.1) is 0 Å². The van der Waals surface area contributed by atoms with Crippen molar-refractivity contribution in [2.75, 3.05) is 13.2 Å². The van der Waals surface area contributed by atoms with Crippen molar-refractivity contribution in [2.45, 2.75) is 309 Å². The van der Waals surface area contributed by atoms with Crippen LogP contribution < -0.4 is 0 Å². The molecule has 0 aliphatic carbocycles. The van der Waals surface area contributed by atoms with Crippen LogP contribution in [0.2, 0.25) is 0 Å². The average molecular weight is 1020 g/mol. The van der Waals surface area contributed by atoms with Gasteiger partial charge < -0.3 is 14.2 Å². The van der Waals surface area contributed by atoms with Crippen LogP contribution in [0.5, 0.6) is 0 Å². The topological polar surface area (TPSA) is 78.9 Å².